The first-order valence-corrected chi connectivity index (χ1v) is 10.5. The van der Waals surface area contributed by atoms with Crippen LogP contribution in [0.3, 0.4) is 0 Å². The molecule has 7 nitrogen and oxygen atoms in total. The van der Waals surface area contributed by atoms with E-state index in [0.717, 1.165) is 36.8 Å². The molecule has 1 aromatic carbocycles. The number of nitrogens with zero attached hydrogens (tertiary/aromatic N) is 3. The lowest BCUT2D eigenvalue weighted by Gasteiger charge is -2.32. The van der Waals surface area contributed by atoms with E-state index in [4.69, 9.17) is 26.4 Å². The van der Waals surface area contributed by atoms with Crippen molar-refractivity contribution in [2.45, 2.75) is 26.3 Å². The third-order valence-corrected chi connectivity index (χ3v) is 5.11. The Morgan fingerprint density at radius 2 is 2.10 bits per heavy atom. The van der Waals surface area contributed by atoms with Gasteiger partial charge in [-0.1, -0.05) is 25.1 Å². The summed E-state index contributed by atoms with van der Waals surface area (Å²) in [6.07, 6.45) is 4.01. The molecule has 1 aliphatic heterocycles. The van der Waals surface area contributed by atoms with Gasteiger partial charge in [-0.25, -0.2) is 0 Å². The van der Waals surface area contributed by atoms with Crippen molar-refractivity contribution in [1.82, 2.24) is 15.3 Å². The molecule has 0 amide bonds. The van der Waals surface area contributed by atoms with Crippen LogP contribution < -0.4 is 20.3 Å². The lowest BCUT2D eigenvalue weighted by Crippen LogP contribution is -2.35. The highest BCUT2D eigenvalue weighted by Gasteiger charge is 2.20. The molecule has 3 heterocycles. The normalized spacial score (nSPS) is 16.2. The average molecular weight is 424 g/mol. The minimum Gasteiger partial charge on any atom is -0.467 e. The van der Waals surface area contributed by atoms with Gasteiger partial charge in [0, 0.05) is 19.2 Å². The zero-order valence-corrected chi connectivity index (χ0v) is 17.7. The van der Waals surface area contributed by atoms with Crippen molar-refractivity contribution in [1.29, 1.82) is 0 Å². The van der Waals surface area contributed by atoms with Crippen LogP contribution in [0.25, 0.3) is 0 Å². The maximum atomic E-state index is 5.98. The lowest BCUT2D eigenvalue weighted by atomic mass is 10.0. The first-order valence-electron chi connectivity index (χ1n) is 10.1. The van der Waals surface area contributed by atoms with E-state index >= 15 is 0 Å². The van der Waals surface area contributed by atoms with Gasteiger partial charge in [0.25, 0.3) is 0 Å². The number of piperidine rings is 1. The molecule has 30 heavy (non-hydrogen) atoms. The van der Waals surface area contributed by atoms with Gasteiger partial charge >= 0.3 is 0 Å². The van der Waals surface area contributed by atoms with E-state index < -0.39 is 0 Å². The van der Waals surface area contributed by atoms with Crippen molar-refractivity contribution >= 4 is 29.1 Å². The van der Waals surface area contributed by atoms with Crippen molar-refractivity contribution in [2.75, 3.05) is 23.3 Å². The van der Waals surface area contributed by atoms with Crippen LogP contribution in [-0.2, 0) is 6.54 Å². The maximum Gasteiger partial charge on any atom is 0.234 e. The number of thiocarbonyl (C=S) groups is 1. The molecule has 2 N–H and O–H groups in total. The number of para-hydroxylation sites is 1. The Morgan fingerprint density at radius 1 is 1.23 bits per heavy atom. The molecule has 1 aliphatic rings. The Morgan fingerprint density at radius 3 is 2.87 bits per heavy atom. The number of benzene rings is 1. The van der Waals surface area contributed by atoms with Crippen LogP contribution in [0.5, 0.6) is 11.6 Å². The predicted octanol–water partition coefficient (Wildman–Crippen LogP) is 4.58. The van der Waals surface area contributed by atoms with Crippen molar-refractivity contribution in [3.05, 3.63) is 60.6 Å². The fraction of sp³-hybridized carbons (Fsp3) is 0.318. The highest BCUT2D eigenvalue weighted by Crippen LogP contribution is 2.27. The zero-order chi connectivity index (χ0) is 20.8. The van der Waals surface area contributed by atoms with Crippen LogP contribution in [0.1, 0.15) is 25.5 Å². The number of furan rings is 1. The molecule has 8 heteroatoms. The number of hydrogen-bond donors (Lipinski definition) is 2. The molecule has 1 fully saturated rings. The highest BCUT2D eigenvalue weighted by atomic mass is 32.1. The van der Waals surface area contributed by atoms with Crippen molar-refractivity contribution in [3.8, 4) is 11.6 Å². The molecule has 1 saturated heterocycles. The standard InChI is InChI=1S/C22H25N5O2S/c1-16-7-5-11-27(15-16)19-13-20(29-17-8-3-2-4-9-17)25-21(24-19)26-22(30)23-14-18-10-6-12-28-18/h2-4,6,8-10,12-13,16H,5,7,11,14-15H2,1H3,(H2,23,24,25,26,30). The van der Waals surface area contributed by atoms with E-state index in [1.165, 1.54) is 6.42 Å². The summed E-state index contributed by atoms with van der Waals surface area (Å²) in [6.45, 7) is 4.67. The first-order chi connectivity index (χ1) is 14.7. The smallest absolute Gasteiger partial charge is 0.234 e. The third kappa shape index (κ3) is 5.48. The second kappa shape index (κ2) is 9.58. The SMILES string of the molecule is CC1CCCN(c2cc(Oc3ccccc3)nc(NC(=S)NCc3ccco3)n2)C1. The summed E-state index contributed by atoms with van der Waals surface area (Å²) < 4.78 is 11.3. The molecule has 1 atom stereocenters. The summed E-state index contributed by atoms with van der Waals surface area (Å²) in [5, 5.41) is 6.59. The quantitative estimate of drug-likeness (QED) is 0.558. The number of nitrogens with one attached hydrogen (secondary N) is 2. The second-order valence-electron chi connectivity index (χ2n) is 7.38. The maximum absolute atomic E-state index is 5.98. The van der Waals surface area contributed by atoms with Gasteiger partial charge in [-0.3, -0.25) is 0 Å². The zero-order valence-electron chi connectivity index (χ0n) is 16.9. The molecule has 0 spiro atoms. The third-order valence-electron chi connectivity index (χ3n) is 4.86. The van der Waals surface area contributed by atoms with Gasteiger partial charge in [-0.2, -0.15) is 9.97 Å². The van der Waals surface area contributed by atoms with Gasteiger partial charge in [0.05, 0.1) is 12.8 Å². The first kappa shape index (κ1) is 20.2. The Balaban J connectivity index is 1.52. The summed E-state index contributed by atoms with van der Waals surface area (Å²) in [6, 6.07) is 15.2. The molecular weight excluding hydrogens is 398 g/mol. The Bertz CT molecular complexity index is 965. The van der Waals surface area contributed by atoms with Crippen LogP contribution in [-0.4, -0.2) is 28.2 Å². The molecule has 4 rings (SSSR count). The van der Waals surface area contributed by atoms with Gasteiger partial charge < -0.3 is 24.7 Å². The second-order valence-corrected chi connectivity index (χ2v) is 7.79. The van der Waals surface area contributed by atoms with Gasteiger partial charge in [0.15, 0.2) is 5.11 Å². The molecule has 0 aliphatic carbocycles. The average Bonchev–Trinajstić information content (AvgIpc) is 3.27. The van der Waals surface area contributed by atoms with Gasteiger partial charge in [0.1, 0.15) is 17.3 Å². The summed E-state index contributed by atoms with van der Waals surface area (Å²) in [4.78, 5) is 11.5. The lowest BCUT2D eigenvalue weighted by molar-refractivity contribution is 0.440. The van der Waals surface area contributed by atoms with Crippen molar-refractivity contribution in [2.24, 2.45) is 5.92 Å². The van der Waals surface area contributed by atoms with E-state index in [9.17, 15) is 0 Å². The van der Waals surface area contributed by atoms with E-state index in [1.54, 1.807) is 6.26 Å². The van der Waals surface area contributed by atoms with Crippen molar-refractivity contribution in [3.63, 3.8) is 0 Å². The topological polar surface area (TPSA) is 75.5 Å². The summed E-state index contributed by atoms with van der Waals surface area (Å²) in [5.41, 5.74) is 0. The Hall–Kier alpha value is -3.13. The van der Waals surface area contributed by atoms with Crippen LogP contribution in [0.2, 0.25) is 0 Å². The van der Waals surface area contributed by atoms with E-state index in [0.29, 0.717) is 29.4 Å². The Kier molecular flexibility index (Phi) is 6.44. The molecule has 2 aromatic heterocycles. The van der Waals surface area contributed by atoms with Crippen LogP contribution in [0.15, 0.2) is 59.2 Å². The van der Waals surface area contributed by atoms with Crippen LogP contribution in [0.4, 0.5) is 11.8 Å². The summed E-state index contributed by atoms with van der Waals surface area (Å²) in [7, 11) is 0. The Labute approximate surface area is 181 Å². The molecule has 3 aromatic rings. The van der Waals surface area contributed by atoms with Gasteiger partial charge in [-0.15, -0.1) is 0 Å². The molecule has 0 bridgehead atoms. The van der Waals surface area contributed by atoms with E-state index in [1.807, 2.05) is 48.5 Å². The number of hydrogen-bond acceptors (Lipinski definition) is 6. The predicted molar refractivity (Wildman–Crippen MR) is 121 cm³/mol. The summed E-state index contributed by atoms with van der Waals surface area (Å²) >= 11 is 5.40. The van der Waals surface area contributed by atoms with Gasteiger partial charge in [0.2, 0.25) is 11.8 Å². The van der Waals surface area contributed by atoms with Crippen LogP contribution >= 0.6 is 12.2 Å². The number of anilines is 2. The fourth-order valence-corrected chi connectivity index (χ4v) is 3.58. The van der Waals surface area contributed by atoms with Crippen molar-refractivity contribution < 1.29 is 9.15 Å². The van der Waals surface area contributed by atoms with E-state index in [2.05, 4.69) is 27.4 Å². The van der Waals surface area contributed by atoms with E-state index in [-0.39, 0.29) is 0 Å². The highest BCUT2D eigenvalue weighted by molar-refractivity contribution is 7.80. The number of aromatic nitrogens is 2. The van der Waals surface area contributed by atoms with Gasteiger partial charge in [-0.05, 0) is 55.2 Å². The number of rotatable bonds is 6. The molecule has 0 radical (unpaired) electrons. The minimum absolute atomic E-state index is 0.397. The largest absolute Gasteiger partial charge is 0.467 e. The van der Waals surface area contributed by atoms with Crippen LogP contribution in [0, 0.1) is 5.92 Å². The molecule has 1 unspecified atom stereocenters. The fourth-order valence-electron chi connectivity index (χ4n) is 3.42. The molecular formula is C22H25N5O2S. The monoisotopic (exact) mass is 423 g/mol. The summed E-state index contributed by atoms with van der Waals surface area (Å²) in [5.74, 6) is 3.84. The number of ether oxygens (including phenoxy) is 1. The molecule has 156 valence electrons. The minimum atomic E-state index is 0.397. The molecule has 0 saturated carbocycles.